The zero-order valence-electron chi connectivity index (χ0n) is 14.6. The van der Waals surface area contributed by atoms with Crippen LogP contribution in [0.15, 0.2) is 65.6 Å². The first-order valence-corrected chi connectivity index (χ1v) is 8.47. The number of rotatable bonds is 4. The molecule has 2 aromatic carbocycles. The van der Waals surface area contributed by atoms with Crippen LogP contribution in [0.25, 0.3) is 22.6 Å². The molecular weight excluding hydrogens is 342 g/mol. The lowest BCUT2D eigenvalue weighted by molar-refractivity contribution is 0.100. The Morgan fingerprint density at radius 2 is 1.81 bits per heavy atom. The highest BCUT2D eigenvalue weighted by molar-refractivity contribution is 5.93. The summed E-state index contributed by atoms with van der Waals surface area (Å²) in [5.74, 6) is -0.487. The SMILES string of the molecule is CC(c1ccccc1)n1c(=O)[nH]c2ncc(-c3ccc(C(N)=O)cc3)nc21. The molecule has 2 heterocycles. The molecule has 1 unspecified atom stereocenters. The number of H-pyrrole nitrogens is 1. The van der Waals surface area contributed by atoms with Gasteiger partial charge in [0, 0.05) is 11.1 Å². The molecule has 0 fully saturated rings. The van der Waals surface area contributed by atoms with E-state index in [1.54, 1.807) is 35.0 Å². The van der Waals surface area contributed by atoms with Gasteiger partial charge in [0.1, 0.15) is 0 Å². The summed E-state index contributed by atoms with van der Waals surface area (Å²) < 4.78 is 1.60. The van der Waals surface area contributed by atoms with Crippen molar-refractivity contribution >= 4 is 17.2 Å². The van der Waals surface area contributed by atoms with E-state index in [9.17, 15) is 9.59 Å². The molecule has 27 heavy (non-hydrogen) atoms. The van der Waals surface area contributed by atoms with Crippen molar-refractivity contribution in [2.75, 3.05) is 0 Å². The molecule has 7 nitrogen and oxygen atoms in total. The van der Waals surface area contributed by atoms with Gasteiger partial charge in [-0.15, -0.1) is 0 Å². The van der Waals surface area contributed by atoms with Gasteiger partial charge in [-0.2, -0.15) is 0 Å². The number of nitrogens with one attached hydrogen (secondary N) is 1. The summed E-state index contributed by atoms with van der Waals surface area (Å²) in [6, 6.07) is 16.3. The highest BCUT2D eigenvalue weighted by Crippen LogP contribution is 2.22. The second kappa shape index (κ2) is 6.53. The van der Waals surface area contributed by atoms with Crippen LogP contribution < -0.4 is 11.4 Å². The number of amides is 1. The summed E-state index contributed by atoms with van der Waals surface area (Å²) in [4.78, 5) is 35.5. The van der Waals surface area contributed by atoms with Crippen LogP contribution in [0.5, 0.6) is 0 Å². The number of fused-ring (bicyclic) bond motifs is 1. The number of aromatic amines is 1. The molecule has 7 heteroatoms. The van der Waals surface area contributed by atoms with Crippen molar-refractivity contribution in [3.8, 4) is 11.3 Å². The van der Waals surface area contributed by atoms with E-state index >= 15 is 0 Å². The van der Waals surface area contributed by atoms with Crippen LogP contribution in [0, 0.1) is 0 Å². The first-order chi connectivity index (χ1) is 13.0. The van der Waals surface area contributed by atoms with E-state index in [0.717, 1.165) is 11.1 Å². The molecule has 0 saturated carbocycles. The van der Waals surface area contributed by atoms with Gasteiger partial charge in [-0.25, -0.2) is 14.8 Å². The Kier molecular flexibility index (Phi) is 4.04. The van der Waals surface area contributed by atoms with E-state index in [2.05, 4.69) is 15.0 Å². The summed E-state index contributed by atoms with van der Waals surface area (Å²) in [7, 11) is 0. The third-order valence-corrected chi connectivity index (χ3v) is 4.56. The molecule has 0 aliphatic carbocycles. The second-order valence-electron chi connectivity index (χ2n) is 6.26. The fraction of sp³-hybridized carbons (Fsp3) is 0.100. The highest BCUT2D eigenvalue weighted by atomic mass is 16.1. The molecule has 2 aromatic heterocycles. The topological polar surface area (TPSA) is 107 Å². The number of hydrogen-bond donors (Lipinski definition) is 2. The van der Waals surface area contributed by atoms with Crippen molar-refractivity contribution < 1.29 is 4.79 Å². The Bertz CT molecular complexity index is 1180. The predicted molar refractivity (Wildman–Crippen MR) is 102 cm³/mol. The van der Waals surface area contributed by atoms with Crippen molar-refractivity contribution in [2.24, 2.45) is 5.73 Å². The van der Waals surface area contributed by atoms with E-state index in [0.29, 0.717) is 22.6 Å². The number of primary amides is 1. The Balaban J connectivity index is 1.82. The fourth-order valence-corrected chi connectivity index (χ4v) is 3.08. The maximum absolute atomic E-state index is 12.5. The van der Waals surface area contributed by atoms with Gasteiger partial charge in [0.25, 0.3) is 0 Å². The Hall–Kier alpha value is -3.74. The van der Waals surface area contributed by atoms with E-state index in [-0.39, 0.29) is 11.7 Å². The maximum Gasteiger partial charge on any atom is 0.329 e. The molecule has 4 aromatic rings. The first-order valence-electron chi connectivity index (χ1n) is 8.47. The lowest BCUT2D eigenvalue weighted by Crippen LogP contribution is -2.21. The van der Waals surface area contributed by atoms with Gasteiger partial charge in [-0.05, 0) is 24.6 Å². The lowest BCUT2D eigenvalue weighted by atomic mass is 10.1. The second-order valence-corrected chi connectivity index (χ2v) is 6.26. The summed E-state index contributed by atoms with van der Waals surface area (Å²) >= 11 is 0. The van der Waals surface area contributed by atoms with Crippen LogP contribution in [0.2, 0.25) is 0 Å². The number of nitrogens with zero attached hydrogens (tertiary/aromatic N) is 3. The third kappa shape index (κ3) is 2.99. The molecular formula is C20H17N5O2. The van der Waals surface area contributed by atoms with Gasteiger partial charge in [0.15, 0.2) is 11.3 Å². The molecule has 0 spiro atoms. The normalized spacial score (nSPS) is 12.2. The van der Waals surface area contributed by atoms with Gasteiger partial charge in [-0.3, -0.25) is 14.3 Å². The number of nitrogens with two attached hydrogens (primary N) is 1. The summed E-state index contributed by atoms with van der Waals surface area (Å²) in [5, 5.41) is 0. The van der Waals surface area contributed by atoms with Crippen molar-refractivity contribution in [1.82, 2.24) is 19.5 Å². The predicted octanol–water partition coefficient (Wildman–Crippen LogP) is 2.49. The molecule has 0 radical (unpaired) electrons. The van der Waals surface area contributed by atoms with E-state index in [1.165, 1.54) is 0 Å². The minimum absolute atomic E-state index is 0.200. The quantitative estimate of drug-likeness (QED) is 0.584. The Morgan fingerprint density at radius 1 is 1.11 bits per heavy atom. The van der Waals surface area contributed by atoms with Gasteiger partial charge in [-0.1, -0.05) is 42.5 Å². The van der Waals surface area contributed by atoms with Gasteiger partial charge in [0.05, 0.1) is 17.9 Å². The van der Waals surface area contributed by atoms with Gasteiger partial charge < -0.3 is 5.73 Å². The van der Waals surface area contributed by atoms with E-state index < -0.39 is 5.91 Å². The largest absolute Gasteiger partial charge is 0.366 e. The molecule has 134 valence electrons. The zero-order chi connectivity index (χ0) is 19.0. The number of hydrogen-bond acceptors (Lipinski definition) is 4. The molecule has 0 bridgehead atoms. The highest BCUT2D eigenvalue weighted by Gasteiger charge is 2.17. The van der Waals surface area contributed by atoms with Gasteiger partial charge in [0.2, 0.25) is 5.91 Å². The van der Waals surface area contributed by atoms with E-state index in [4.69, 9.17) is 5.73 Å². The Labute approximate surface area is 154 Å². The zero-order valence-corrected chi connectivity index (χ0v) is 14.6. The fourth-order valence-electron chi connectivity index (χ4n) is 3.08. The van der Waals surface area contributed by atoms with Gasteiger partial charge >= 0.3 is 5.69 Å². The van der Waals surface area contributed by atoms with Crippen molar-refractivity contribution in [3.63, 3.8) is 0 Å². The van der Waals surface area contributed by atoms with Crippen molar-refractivity contribution in [2.45, 2.75) is 13.0 Å². The average Bonchev–Trinajstić information content (AvgIpc) is 3.03. The number of carbonyl (C=O) groups excluding carboxylic acids is 1. The molecule has 1 atom stereocenters. The standard InChI is InChI=1S/C20H17N5O2/c1-12(13-5-3-2-4-6-13)25-19-18(24-20(25)27)22-11-16(23-19)14-7-9-15(10-8-14)17(21)26/h2-12H,1H3,(H2,21,26)(H,22,24,27). The molecule has 0 saturated heterocycles. The van der Waals surface area contributed by atoms with Crippen LogP contribution in [0.3, 0.4) is 0 Å². The van der Waals surface area contributed by atoms with E-state index in [1.807, 2.05) is 37.3 Å². The minimum atomic E-state index is -0.487. The summed E-state index contributed by atoms with van der Waals surface area (Å²) in [5.41, 5.74) is 8.73. The number of aromatic nitrogens is 4. The number of imidazole rings is 1. The lowest BCUT2D eigenvalue weighted by Gasteiger charge is -2.13. The summed E-state index contributed by atoms with van der Waals surface area (Å²) in [6.07, 6.45) is 1.59. The monoisotopic (exact) mass is 359 g/mol. The van der Waals surface area contributed by atoms with Crippen molar-refractivity contribution in [1.29, 1.82) is 0 Å². The van der Waals surface area contributed by atoms with Crippen molar-refractivity contribution in [3.05, 3.63) is 82.4 Å². The smallest absolute Gasteiger partial charge is 0.329 e. The summed E-state index contributed by atoms with van der Waals surface area (Å²) in [6.45, 7) is 1.94. The van der Waals surface area contributed by atoms with Crippen LogP contribution in [-0.4, -0.2) is 25.4 Å². The number of benzene rings is 2. The molecule has 3 N–H and O–H groups in total. The van der Waals surface area contributed by atoms with Crippen LogP contribution in [0.1, 0.15) is 28.9 Å². The molecule has 4 rings (SSSR count). The van der Waals surface area contributed by atoms with Crippen LogP contribution in [-0.2, 0) is 0 Å². The first kappa shape index (κ1) is 16.7. The Morgan fingerprint density at radius 3 is 2.48 bits per heavy atom. The van der Waals surface area contributed by atoms with Crippen LogP contribution in [0.4, 0.5) is 0 Å². The molecule has 1 amide bonds. The molecule has 0 aliphatic heterocycles. The maximum atomic E-state index is 12.5. The van der Waals surface area contributed by atoms with Crippen LogP contribution >= 0.6 is 0 Å². The number of carbonyl (C=O) groups is 1. The molecule has 0 aliphatic rings. The minimum Gasteiger partial charge on any atom is -0.366 e. The average molecular weight is 359 g/mol. The third-order valence-electron chi connectivity index (χ3n) is 4.56.